The standard InChI is InChI=1S/C32H35F2N5O9S/c1-5-49(45,46)26-11-8-19(36-31(42)38(2)3)16-20(26)28-24(48-32(43)44)12-13-39(28)30(41)27(17-6-10-22(34)25(15-17)47-4)37-23-14-18(29(35)40)7-9-21(23)33/h6-11,14-16,24,27-28,37H,5,12-13H2,1-4H3,(H2,35,40)(H,36,42)(H,43,44)/t24-,27+,28+/m0/s1. The van der Waals surface area contributed by atoms with Crippen LogP contribution in [0.25, 0.3) is 0 Å². The van der Waals surface area contributed by atoms with Gasteiger partial charge in [0.25, 0.3) is 0 Å². The molecule has 0 saturated carbocycles. The summed E-state index contributed by atoms with van der Waals surface area (Å²) in [5.41, 5.74) is 5.13. The van der Waals surface area contributed by atoms with E-state index in [2.05, 4.69) is 10.6 Å². The molecular formula is C32H35F2N5O9S. The molecule has 3 aromatic rings. The fraction of sp³-hybridized carbons (Fsp3) is 0.312. The van der Waals surface area contributed by atoms with E-state index in [1.165, 1.54) is 68.3 Å². The Bertz CT molecular complexity index is 1890. The lowest BCUT2D eigenvalue weighted by molar-refractivity contribution is -0.134. The van der Waals surface area contributed by atoms with Crippen LogP contribution < -0.4 is 21.1 Å². The van der Waals surface area contributed by atoms with E-state index in [9.17, 15) is 37.1 Å². The number of nitrogens with zero attached hydrogens (tertiary/aromatic N) is 2. The Morgan fingerprint density at radius 3 is 2.37 bits per heavy atom. The van der Waals surface area contributed by atoms with Gasteiger partial charge in [0.2, 0.25) is 11.8 Å². The van der Waals surface area contributed by atoms with Gasteiger partial charge in [-0.15, -0.1) is 0 Å². The molecule has 0 radical (unpaired) electrons. The molecule has 1 aliphatic heterocycles. The summed E-state index contributed by atoms with van der Waals surface area (Å²) < 4.78 is 66.6. The highest BCUT2D eigenvalue weighted by Crippen LogP contribution is 2.41. The predicted molar refractivity (Wildman–Crippen MR) is 173 cm³/mol. The molecule has 0 unspecified atom stereocenters. The molecule has 262 valence electrons. The van der Waals surface area contributed by atoms with Crippen LogP contribution >= 0.6 is 0 Å². The van der Waals surface area contributed by atoms with Gasteiger partial charge in [-0.25, -0.2) is 26.8 Å². The highest BCUT2D eigenvalue weighted by atomic mass is 32.2. The number of urea groups is 1. The summed E-state index contributed by atoms with van der Waals surface area (Å²) in [6, 6.07) is 7.09. The lowest BCUT2D eigenvalue weighted by Gasteiger charge is -2.33. The van der Waals surface area contributed by atoms with Crippen molar-refractivity contribution in [3.05, 3.63) is 82.9 Å². The number of carboxylic acid groups (broad SMARTS) is 1. The zero-order valence-corrected chi connectivity index (χ0v) is 27.7. The maximum atomic E-state index is 15.1. The molecule has 5 N–H and O–H groups in total. The lowest BCUT2D eigenvalue weighted by Crippen LogP contribution is -2.40. The summed E-state index contributed by atoms with van der Waals surface area (Å²) in [6.45, 7) is 1.24. The number of carbonyl (C=O) groups is 4. The first-order valence-corrected chi connectivity index (χ1v) is 16.5. The number of methoxy groups -OCH3 is 1. The Morgan fingerprint density at radius 1 is 1.06 bits per heavy atom. The Labute approximate surface area is 280 Å². The molecule has 14 nitrogen and oxygen atoms in total. The van der Waals surface area contributed by atoms with E-state index in [-0.39, 0.29) is 57.4 Å². The molecule has 1 saturated heterocycles. The first-order chi connectivity index (χ1) is 23.1. The average molecular weight is 704 g/mol. The van der Waals surface area contributed by atoms with Gasteiger partial charge in [-0.05, 0) is 59.7 Å². The molecule has 3 aromatic carbocycles. The molecule has 17 heteroatoms. The molecule has 49 heavy (non-hydrogen) atoms. The molecule has 4 rings (SSSR count). The summed E-state index contributed by atoms with van der Waals surface area (Å²) in [4.78, 5) is 53.0. The summed E-state index contributed by atoms with van der Waals surface area (Å²) in [5, 5.41) is 15.0. The number of primary amides is 1. The number of rotatable bonds is 11. The number of sulfone groups is 1. The second-order valence-electron chi connectivity index (χ2n) is 11.2. The van der Waals surface area contributed by atoms with Crippen molar-refractivity contribution in [1.29, 1.82) is 0 Å². The molecule has 0 bridgehead atoms. The van der Waals surface area contributed by atoms with Gasteiger partial charge in [0.1, 0.15) is 18.0 Å². The van der Waals surface area contributed by atoms with Gasteiger partial charge in [0, 0.05) is 38.3 Å². The van der Waals surface area contributed by atoms with Gasteiger partial charge in [0.15, 0.2) is 21.4 Å². The number of carbonyl (C=O) groups excluding carboxylic acids is 3. The van der Waals surface area contributed by atoms with E-state index < -0.39 is 63.7 Å². The first kappa shape index (κ1) is 36.4. The van der Waals surface area contributed by atoms with Gasteiger partial charge >= 0.3 is 12.2 Å². The Hall–Kier alpha value is -5.45. The highest BCUT2D eigenvalue weighted by Gasteiger charge is 2.45. The average Bonchev–Trinajstić information content (AvgIpc) is 3.46. The smallest absolute Gasteiger partial charge is 0.494 e. The number of nitrogens with one attached hydrogen (secondary N) is 2. The second-order valence-corrected chi connectivity index (χ2v) is 13.4. The van der Waals surface area contributed by atoms with Crippen LogP contribution in [0.3, 0.4) is 0 Å². The molecule has 3 atom stereocenters. The van der Waals surface area contributed by atoms with Crippen LogP contribution in [-0.2, 0) is 19.4 Å². The molecule has 1 aliphatic rings. The van der Waals surface area contributed by atoms with Crippen LogP contribution in [0.4, 0.5) is 29.7 Å². The monoisotopic (exact) mass is 703 g/mol. The largest absolute Gasteiger partial charge is 0.506 e. The fourth-order valence-corrected chi connectivity index (χ4v) is 6.54. The third-order valence-electron chi connectivity index (χ3n) is 7.88. The number of halogens is 2. The third kappa shape index (κ3) is 7.99. The predicted octanol–water partition coefficient (Wildman–Crippen LogP) is 4.15. The molecule has 0 aromatic heterocycles. The summed E-state index contributed by atoms with van der Waals surface area (Å²) >= 11 is 0. The number of hydrogen-bond donors (Lipinski definition) is 4. The van der Waals surface area contributed by atoms with E-state index in [0.717, 1.165) is 24.3 Å². The van der Waals surface area contributed by atoms with Gasteiger partial charge in [-0.1, -0.05) is 13.0 Å². The Balaban J connectivity index is 1.92. The van der Waals surface area contributed by atoms with Crippen molar-refractivity contribution in [2.75, 3.05) is 44.1 Å². The van der Waals surface area contributed by atoms with E-state index >= 15 is 4.39 Å². The van der Waals surface area contributed by atoms with Crippen molar-refractivity contribution in [1.82, 2.24) is 9.80 Å². The number of likely N-dealkylation sites (tertiary alicyclic amines) is 1. The van der Waals surface area contributed by atoms with Crippen LogP contribution in [0.1, 0.15) is 46.9 Å². The van der Waals surface area contributed by atoms with Gasteiger partial charge in [-0.3, -0.25) is 9.59 Å². The number of ether oxygens (including phenoxy) is 2. The minimum absolute atomic E-state index is 0.0483. The zero-order chi connectivity index (χ0) is 36.2. The van der Waals surface area contributed by atoms with Crippen molar-refractivity contribution in [3.8, 4) is 5.75 Å². The van der Waals surface area contributed by atoms with E-state index in [4.69, 9.17) is 15.2 Å². The SMILES string of the molecule is CCS(=O)(=O)c1ccc(NC(=O)N(C)C)cc1[C@@H]1[C@@H](OC(=O)O)CCN1C(=O)[C@H](Nc1cc(C(N)=O)ccc1F)c1ccc(F)c(OC)c1. The minimum atomic E-state index is -4.01. The Kier molecular flexibility index (Phi) is 11.0. The van der Waals surface area contributed by atoms with Crippen molar-refractivity contribution in [2.45, 2.75) is 36.4 Å². The zero-order valence-electron chi connectivity index (χ0n) is 26.9. The highest BCUT2D eigenvalue weighted by molar-refractivity contribution is 7.91. The van der Waals surface area contributed by atoms with Crippen molar-refractivity contribution in [2.24, 2.45) is 5.73 Å². The fourth-order valence-electron chi connectivity index (χ4n) is 5.42. The number of amides is 4. The van der Waals surface area contributed by atoms with Crippen LogP contribution in [0.15, 0.2) is 59.5 Å². The van der Waals surface area contributed by atoms with Crippen molar-refractivity contribution < 1.29 is 51.0 Å². The molecule has 1 fully saturated rings. The second kappa shape index (κ2) is 14.8. The normalized spacial score (nSPS) is 16.4. The molecule has 0 aliphatic carbocycles. The van der Waals surface area contributed by atoms with Crippen LogP contribution in [0.2, 0.25) is 0 Å². The van der Waals surface area contributed by atoms with Gasteiger partial charge < -0.3 is 40.7 Å². The van der Waals surface area contributed by atoms with E-state index in [1.54, 1.807) is 0 Å². The van der Waals surface area contributed by atoms with E-state index in [0.29, 0.717) is 0 Å². The van der Waals surface area contributed by atoms with Crippen LogP contribution in [0.5, 0.6) is 5.75 Å². The number of benzene rings is 3. The molecular weight excluding hydrogens is 668 g/mol. The summed E-state index contributed by atoms with van der Waals surface area (Å²) in [5.74, 6) is -3.96. The maximum Gasteiger partial charge on any atom is 0.506 e. The molecule has 1 heterocycles. The van der Waals surface area contributed by atoms with Crippen LogP contribution in [0, 0.1) is 11.6 Å². The van der Waals surface area contributed by atoms with Gasteiger partial charge in [-0.2, -0.15) is 0 Å². The third-order valence-corrected chi connectivity index (χ3v) is 9.69. The topological polar surface area (TPSA) is 198 Å². The minimum Gasteiger partial charge on any atom is -0.494 e. The number of anilines is 2. The quantitative estimate of drug-likeness (QED) is 0.211. The lowest BCUT2D eigenvalue weighted by atomic mass is 9.99. The summed E-state index contributed by atoms with van der Waals surface area (Å²) in [7, 11) is 0.157. The number of hydrogen-bond acceptors (Lipinski definition) is 9. The van der Waals surface area contributed by atoms with Crippen molar-refractivity contribution >= 4 is 45.2 Å². The maximum absolute atomic E-state index is 15.1. The molecule has 4 amide bonds. The first-order valence-electron chi connectivity index (χ1n) is 14.8. The number of nitrogens with two attached hydrogens (primary N) is 1. The van der Waals surface area contributed by atoms with Crippen molar-refractivity contribution in [3.63, 3.8) is 0 Å². The molecule has 0 spiro atoms. The Morgan fingerprint density at radius 2 is 1.76 bits per heavy atom. The van der Waals surface area contributed by atoms with Gasteiger partial charge in [0.05, 0.1) is 29.5 Å². The van der Waals surface area contributed by atoms with E-state index in [1.807, 2.05) is 0 Å². The summed E-state index contributed by atoms with van der Waals surface area (Å²) in [6.07, 6.45) is -3.05. The van der Waals surface area contributed by atoms with Crippen LogP contribution in [-0.4, -0.2) is 86.9 Å².